The molecule has 2 aromatic rings. The van der Waals surface area contributed by atoms with E-state index in [0.717, 1.165) is 6.07 Å². The van der Waals surface area contributed by atoms with Gasteiger partial charge in [0, 0.05) is 11.6 Å². The van der Waals surface area contributed by atoms with Crippen molar-refractivity contribution in [3.8, 4) is 5.75 Å². The second-order valence-corrected chi connectivity index (χ2v) is 8.29. The molecule has 0 spiro atoms. The molecule has 0 aliphatic heterocycles. The van der Waals surface area contributed by atoms with Crippen LogP contribution in [0.1, 0.15) is 43.9 Å². The van der Waals surface area contributed by atoms with Crippen molar-refractivity contribution in [3.05, 3.63) is 40.8 Å². The number of carbonyl (C=O) groups excluding carboxylic acids is 1. The number of nitrogens with zero attached hydrogens (tertiary/aromatic N) is 2. The third-order valence-electron chi connectivity index (χ3n) is 5.65. The highest BCUT2D eigenvalue weighted by Crippen LogP contribution is 2.67. The van der Waals surface area contributed by atoms with Gasteiger partial charge < -0.3 is 14.5 Å². The van der Waals surface area contributed by atoms with Crippen LogP contribution in [0.2, 0.25) is 5.02 Å². The minimum atomic E-state index is -1.43. The van der Waals surface area contributed by atoms with Crippen molar-refractivity contribution < 1.29 is 22.7 Å². The zero-order chi connectivity index (χ0) is 18.9. The zero-order valence-corrected chi connectivity index (χ0v) is 15.0. The van der Waals surface area contributed by atoms with E-state index in [-0.39, 0.29) is 40.1 Å². The van der Waals surface area contributed by atoms with Gasteiger partial charge >= 0.3 is 0 Å². The molecule has 4 aliphatic carbocycles. The number of nitrogens with one attached hydrogen (secondary N) is 1. The van der Waals surface area contributed by atoms with E-state index in [2.05, 4.69) is 15.5 Å². The monoisotopic (exact) mass is 395 g/mol. The Morgan fingerprint density at radius 3 is 2.63 bits per heavy atom. The normalized spacial score (nSPS) is 29.4. The van der Waals surface area contributed by atoms with Gasteiger partial charge in [-0.05, 0) is 44.2 Å². The highest BCUT2D eigenvalue weighted by Gasteiger charge is 2.72. The van der Waals surface area contributed by atoms with E-state index in [9.17, 15) is 13.6 Å². The zero-order valence-electron chi connectivity index (χ0n) is 14.2. The lowest BCUT2D eigenvalue weighted by Crippen LogP contribution is -2.77. The standard InChI is InChI=1S/C18H16ClF2N3O3/c19-11-2-1-10(5-12(11)20)26-6-13(25)22-17-7-16(8-17,9-17)14-23-24-15(27-14)18(21)3-4-18/h1-2,5H,3-4,6-9H2,(H,22,25). The maximum atomic E-state index is 14.0. The van der Waals surface area contributed by atoms with E-state index in [4.69, 9.17) is 20.8 Å². The van der Waals surface area contributed by atoms with Crippen LogP contribution < -0.4 is 10.1 Å². The highest BCUT2D eigenvalue weighted by molar-refractivity contribution is 6.30. The van der Waals surface area contributed by atoms with E-state index >= 15 is 0 Å². The number of ether oxygens (including phenoxy) is 1. The number of rotatable bonds is 6. The number of aromatic nitrogens is 2. The number of carbonyl (C=O) groups is 1. The van der Waals surface area contributed by atoms with Crippen LogP contribution in [0.4, 0.5) is 8.78 Å². The van der Waals surface area contributed by atoms with Crippen LogP contribution in [0.5, 0.6) is 5.75 Å². The molecule has 9 heteroatoms. The summed E-state index contributed by atoms with van der Waals surface area (Å²) >= 11 is 5.61. The molecule has 142 valence electrons. The van der Waals surface area contributed by atoms with Gasteiger partial charge in [-0.1, -0.05) is 11.6 Å². The van der Waals surface area contributed by atoms with Crippen molar-refractivity contribution >= 4 is 17.5 Å². The summed E-state index contributed by atoms with van der Waals surface area (Å²) in [5, 5.41) is 10.8. The summed E-state index contributed by atoms with van der Waals surface area (Å²) < 4.78 is 38.2. The van der Waals surface area contributed by atoms with Crippen molar-refractivity contribution in [3.63, 3.8) is 0 Å². The summed E-state index contributed by atoms with van der Waals surface area (Å²) in [6, 6.07) is 4.01. The van der Waals surface area contributed by atoms with Gasteiger partial charge in [0.25, 0.3) is 11.8 Å². The van der Waals surface area contributed by atoms with Crippen LogP contribution in [-0.2, 0) is 15.9 Å². The molecule has 1 heterocycles. The molecule has 1 amide bonds. The molecule has 2 bridgehead atoms. The minimum Gasteiger partial charge on any atom is -0.484 e. The summed E-state index contributed by atoms with van der Waals surface area (Å²) in [7, 11) is 0. The molecule has 4 aliphatic rings. The quantitative estimate of drug-likeness (QED) is 0.812. The number of alkyl halides is 1. The van der Waals surface area contributed by atoms with E-state index in [1.165, 1.54) is 12.1 Å². The molecule has 6 rings (SSSR count). The van der Waals surface area contributed by atoms with E-state index in [0.29, 0.717) is 38.0 Å². The molecule has 4 fully saturated rings. The van der Waals surface area contributed by atoms with Crippen molar-refractivity contribution in [2.75, 3.05) is 6.61 Å². The van der Waals surface area contributed by atoms with Crippen LogP contribution in [0, 0.1) is 5.82 Å². The van der Waals surface area contributed by atoms with Crippen molar-refractivity contribution in [2.45, 2.75) is 48.7 Å². The van der Waals surface area contributed by atoms with Crippen LogP contribution in [0.3, 0.4) is 0 Å². The van der Waals surface area contributed by atoms with Crippen molar-refractivity contribution in [1.82, 2.24) is 15.5 Å². The minimum absolute atomic E-state index is 0.00415. The molecule has 6 nitrogen and oxygen atoms in total. The van der Waals surface area contributed by atoms with Gasteiger partial charge in [0.05, 0.1) is 10.4 Å². The Balaban J connectivity index is 1.14. The fourth-order valence-electron chi connectivity index (χ4n) is 4.14. The Kier molecular flexibility index (Phi) is 3.39. The third-order valence-corrected chi connectivity index (χ3v) is 5.95. The first-order valence-corrected chi connectivity index (χ1v) is 9.12. The molecule has 0 saturated heterocycles. The summed E-state index contributed by atoms with van der Waals surface area (Å²) in [6.45, 7) is -0.217. The molecule has 0 radical (unpaired) electrons. The van der Waals surface area contributed by atoms with Crippen LogP contribution in [0.25, 0.3) is 0 Å². The smallest absolute Gasteiger partial charge is 0.258 e. The fraction of sp³-hybridized carbons (Fsp3) is 0.500. The Bertz CT molecular complexity index is 924. The molecule has 0 unspecified atom stereocenters. The lowest BCUT2D eigenvalue weighted by atomic mass is 9.39. The maximum Gasteiger partial charge on any atom is 0.258 e. The molecular weight excluding hydrogens is 380 g/mol. The Labute approximate surface area is 158 Å². The second-order valence-electron chi connectivity index (χ2n) is 7.88. The van der Waals surface area contributed by atoms with Crippen LogP contribution in [0.15, 0.2) is 22.6 Å². The predicted molar refractivity (Wildman–Crippen MR) is 89.6 cm³/mol. The van der Waals surface area contributed by atoms with Gasteiger partial charge in [-0.15, -0.1) is 10.2 Å². The largest absolute Gasteiger partial charge is 0.484 e. The Morgan fingerprint density at radius 1 is 1.26 bits per heavy atom. The van der Waals surface area contributed by atoms with Crippen LogP contribution in [-0.4, -0.2) is 28.3 Å². The molecule has 4 saturated carbocycles. The third kappa shape index (κ3) is 2.69. The average molecular weight is 396 g/mol. The van der Waals surface area contributed by atoms with Gasteiger partial charge in [-0.2, -0.15) is 0 Å². The first kappa shape index (κ1) is 16.9. The topological polar surface area (TPSA) is 77.2 Å². The first-order valence-electron chi connectivity index (χ1n) is 8.74. The summed E-state index contributed by atoms with van der Waals surface area (Å²) in [4.78, 5) is 12.1. The number of amides is 1. The Morgan fingerprint density at radius 2 is 1.96 bits per heavy atom. The van der Waals surface area contributed by atoms with Gasteiger partial charge in [-0.25, -0.2) is 8.78 Å². The SMILES string of the molecule is O=C(COc1ccc(Cl)c(F)c1)NC12CC(c3nnc(C4(F)CC4)o3)(C1)C2. The number of halogens is 3. The number of hydrogen-bond acceptors (Lipinski definition) is 5. The van der Waals surface area contributed by atoms with E-state index in [1.807, 2.05) is 0 Å². The second kappa shape index (κ2) is 5.41. The molecule has 1 aromatic heterocycles. The van der Waals surface area contributed by atoms with Gasteiger partial charge in [0.2, 0.25) is 5.89 Å². The van der Waals surface area contributed by atoms with Gasteiger partial charge in [-0.3, -0.25) is 4.79 Å². The van der Waals surface area contributed by atoms with Gasteiger partial charge in [0.15, 0.2) is 12.3 Å². The van der Waals surface area contributed by atoms with E-state index in [1.54, 1.807) is 0 Å². The first-order chi connectivity index (χ1) is 12.8. The average Bonchev–Trinajstić information content (AvgIpc) is 3.12. The highest BCUT2D eigenvalue weighted by atomic mass is 35.5. The number of benzene rings is 1. The fourth-order valence-corrected chi connectivity index (χ4v) is 4.25. The molecule has 1 N–H and O–H groups in total. The molecule has 1 aromatic carbocycles. The van der Waals surface area contributed by atoms with Crippen LogP contribution >= 0.6 is 11.6 Å². The van der Waals surface area contributed by atoms with Gasteiger partial charge in [0.1, 0.15) is 11.6 Å². The number of hydrogen-bond donors (Lipinski definition) is 1. The van der Waals surface area contributed by atoms with Crippen molar-refractivity contribution in [1.29, 1.82) is 0 Å². The predicted octanol–water partition coefficient (Wildman–Crippen LogP) is 3.19. The lowest BCUT2D eigenvalue weighted by molar-refractivity contribution is -0.143. The molecule has 0 atom stereocenters. The van der Waals surface area contributed by atoms with E-state index < -0.39 is 11.5 Å². The van der Waals surface area contributed by atoms with Crippen molar-refractivity contribution in [2.24, 2.45) is 0 Å². The maximum absolute atomic E-state index is 14.0. The summed E-state index contributed by atoms with van der Waals surface area (Å²) in [5.41, 5.74) is -1.98. The summed E-state index contributed by atoms with van der Waals surface area (Å²) in [5.74, 6) is -0.115. The summed E-state index contributed by atoms with van der Waals surface area (Å²) in [6.07, 6.45) is 2.91. The molecule has 27 heavy (non-hydrogen) atoms. The Hall–Kier alpha value is -2.22. The molecular formula is C18H16ClF2N3O3. The lowest BCUT2D eigenvalue weighted by Gasteiger charge is -2.68.